The molecule has 0 amide bonds. The molecule has 6 nitrogen and oxygen atoms in total. The molecule has 0 aliphatic heterocycles. The van der Waals surface area contributed by atoms with Gasteiger partial charge in [-0.2, -0.15) is 0 Å². The minimum Gasteiger partial charge on any atom is -0.493 e. The molecule has 1 unspecified atom stereocenters. The van der Waals surface area contributed by atoms with Gasteiger partial charge in [0, 0.05) is 12.0 Å². The fourth-order valence-electron chi connectivity index (χ4n) is 1.79. The summed E-state index contributed by atoms with van der Waals surface area (Å²) in [5, 5.41) is 8.92. The number of aliphatic carboxylic acids is 1. The second-order valence-electron chi connectivity index (χ2n) is 4.60. The van der Waals surface area contributed by atoms with Crippen LogP contribution < -0.4 is 19.9 Å². The zero-order valence-electron chi connectivity index (χ0n) is 12.2. The Morgan fingerprint density at radius 2 is 1.90 bits per heavy atom. The van der Waals surface area contributed by atoms with E-state index in [0.717, 1.165) is 0 Å². The van der Waals surface area contributed by atoms with Crippen LogP contribution in [-0.4, -0.2) is 37.4 Å². The van der Waals surface area contributed by atoms with Crippen LogP contribution in [0.2, 0.25) is 0 Å². The quantitative estimate of drug-likeness (QED) is 0.787. The van der Waals surface area contributed by atoms with E-state index in [1.165, 1.54) is 14.2 Å². The standard InChI is InChI=1S/C14H21NO5/c1-8(2)20-12-9(7-10(15)14(16)17)5-6-11(18-3)13(12)19-4/h5-6,8,10H,7,15H2,1-4H3,(H,16,17). The summed E-state index contributed by atoms with van der Waals surface area (Å²) < 4.78 is 16.3. The molecule has 0 aromatic heterocycles. The summed E-state index contributed by atoms with van der Waals surface area (Å²) in [6.07, 6.45) is 0.0633. The highest BCUT2D eigenvalue weighted by molar-refractivity contribution is 5.74. The van der Waals surface area contributed by atoms with E-state index in [4.69, 9.17) is 25.1 Å². The molecule has 1 aromatic rings. The van der Waals surface area contributed by atoms with Gasteiger partial charge in [0.15, 0.2) is 11.5 Å². The van der Waals surface area contributed by atoms with Crippen LogP contribution >= 0.6 is 0 Å². The van der Waals surface area contributed by atoms with Crippen LogP contribution in [0.3, 0.4) is 0 Å². The van der Waals surface area contributed by atoms with Gasteiger partial charge in [-0.05, 0) is 19.9 Å². The number of carboxylic acid groups (broad SMARTS) is 1. The molecule has 0 aliphatic rings. The van der Waals surface area contributed by atoms with Gasteiger partial charge in [-0.1, -0.05) is 6.07 Å². The average molecular weight is 283 g/mol. The summed E-state index contributed by atoms with van der Waals surface area (Å²) in [6.45, 7) is 3.75. The lowest BCUT2D eigenvalue weighted by atomic mass is 10.0. The van der Waals surface area contributed by atoms with Crippen molar-refractivity contribution >= 4 is 5.97 Å². The van der Waals surface area contributed by atoms with Crippen LogP contribution in [0.4, 0.5) is 0 Å². The lowest BCUT2D eigenvalue weighted by Gasteiger charge is -2.20. The van der Waals surface area contributed by atoms with Crippen molar-refractivity contribution < 1.29 is 24.1 Å². The van der Waals surface area contributed by atoms with Crippen molar-refractivity contribution in [3.05, 3.63) is 17.7 Å². The molecule has 112 valence electrons. The van der Waals surface area contributed by atoms with E-state index in [-0.39, 0.29) is 12.5 Å². The summed E-state index contributed by atoms with van der Waals surface area (Å²) in [6, 6.07) is 2.44. The van der Waals surface area contributed by atoms with Crippen LogP contribution in [0.1, 0.15) is 19.4 Å². The number of hydrogen-bond donors (Lipinski definition) is 2. The largest absolute Gasteiger partial charge is 0.493 e. The van der Waals surface area contributed by atoms with Crippen LogP contribution in [0.15, 0.2) is 12.1 Å². The number of nitrogens with two attached hydrogens (primary N) is 1. The summed E-state index contributed by atoms with van der Waals surface area (Å²) in [4.78, 5) is 10.9. The van der Waals surface area contributed by atoms with Crippen LogP contribution in [0.25, 0.3) is 0 Å². The van der Waals surface area contributed by atoms with Crippen LogP contribution in [-0.2, 0) is 11.2 Å². The normalized spacial score (nSPS) is 12.1. The van der Waals surface area contributed by atoms with Crippen LogP contribution in [0, 0.1) is 0 Å². The Morgan fingerprint density at radius 1 is 1.25 bits per heavy atom. The van der Waals surface area contributed by atoms with Gasteiger partial charge in [-0.15, -0.1) is 0 Å². The lowest BCUT2D eigenvalue weighted by molar-refractivity contribution is -0.138. The molecule has 0 spiro atoms. The highest BCUT2D eigenvalue weighted by Gasteiger charge is 2.21. The molecule has 20 heavy (non-hydrogen) atoms. The molecule has 0 heterocycles. The van der Waals surface area contributed by atoms with E-state index < -0.39 is 12.0 Å². The first-order chi connectivity index (χ1) is 9.40. The first-order valence-electron chi connectivity index (χ1n) is 6.29. The monoisotopic (exact) mass is 283 g/mol. The lowest BCUT2D eigenvalue weighted by Crippen LogP contribution is -2.32. The minimum absolute atomic E-state index is 0.0872. The van der Waals surface area contributed by atoms with Gasteiger partial charge < -0.3 is 25.1 Å². The molecule has 0 saturated heterocycles. The van der Waals surface area contributed by atoms with Gasteiger partial charge in [0.2, 0.25) is 5.75 Å². The highest BCUT2D eigenvalue weighted by Crippen LogP contribution is 2.40. The molecule has 1 rings (SSSR count). The molecule has 0 aliphatic carbocycles. The Kier molecular flexibility index (Phi) is 5.64. The number of carbonyl (C=O) groups is 1. The summed E-state index contributed by atoms with van der Waals surface area (Å²) in [5.74, 6) is 0.376. The molecule has 0 radical (unpaired) electrons. The molecule has 0 fully saturated rings. The first-order valence-corrected chi connectivity index (χ1v) is 6.29. The maximum Gasteiger partial charge on any atom is 0.320 e. The Hall–Kier alpha value is -1.95. The number of rotatable bonds is 7. The summed E-state index contributed by atoms with van der Waals surface area (Å²) in [7, 11) is 3.03. The van der Waals surface area contributed by atoms with Gasteiger partial charge in [0.1, 0.15) is 6.04 Å². The predicted molar refractivity (Wildman–Crippen MR) is 74.6 cm³/mol. The second kappa shape index (κ2) is 7.00. The molecular formula is C14H21NO5. The Bertz CT molecular complexity index is 473. The molecule has 0 saturated carbocycles. The topological polar surface area (TPSA) is 91.0 Å². The average Bonchev–Trinajstić information content (AvgIpc) is 2.39. The van der Waals surface area contributed by atoms with Crippen molar-refractivity contribution in [1.82, 2.24) is 0 Å². The van der Waals surface area contributed by atoms with E-state index in [1.807, 2.05) is 13.8 Å². The third-order valence-electron chi connectivity index (χ3n) is 2.69. The SMILES string of the molecule is COc1ccc(CC(N)C(=O)O)c(OC(C)C)c1OC. The Labute approximate surface area is 118 Å². The fourth-order valence-corrected chi connectivity index (χ4v) is 1.79. The minimum atomic E-state index is -1.06. The molecule has 1 atom stereocenters. The first kappa shape index (κ1) is 16.1. The van der Waals surface area contributed by atoms with Gasteiger partial charge in [0.25, 0.3) is 0 Å². The predicted octanol–water partition coefficient (Wildman–Crippen LogP) is 1.45. The zero-order chi connectivity index (χ0) is 15.3. The molecule has 0 bridgehead atoms. The van der Waals surface area contributed by atoms with Crippen LogP contribution in [0.5, 0.6) is 17.2 Å². The van der Waals surface area contributed by atoms with E-state index in [0.29, 0.717) is 22.8 Å². The third kappa shape index (κ3) is 3.77. The van der Waals surface area contributed by atoms with Crippen molar-refractivity contribution in [3.8, 4) is 17.2 Å². The third-order valence-corrected chi connectivity index (χ3v) is 2.69. The second-order valence-corrected chi connectivity index (χ2v) is 4.60. The maximum atomic E-state index is 10.9. The Morgan fingerprint density at radius 3 is 2.35 bits per heavy atom. The summed E-state index contributed by atoms with van der Waals surface area (Å²) >= 11 is 0. The van der Waals surface area contributed by atoms with Crippen molar-refractivity contribution in [3.63, 3.8) is 0 Å². The zero-order valence-corrected chi connectivity index (χ0v) is 12.2. The Balaban J connectivity index is 3.24. The van der Waals surface area contributed by atoms with E-state index in [1.54, 1.807) is 12.1 Å². The molecule has 3 N–H and O–H groups in total. The molecular weight excluding hydrogens is 262 g/mol. The van der Waals surface area contributed by atoms with Gasteiger partial charge in [0.05, 0.1) is 20.3 Å². The van der Waals surface area contributed by atoms with Gasteiger partial charge in [-0.3, -0.25) is 4.79 Å². The summed E-state index contributed by atoms with van der Waals surface area (Å²) in [5.41, 5.74) is 6.26. The van der Waals surface area contributed by atoms with Crippen molar-refractivity contribution in [2.24, 2.45) is 5.73 Å². The number of methoxy groups -OCH3 is 2. The number of carboxylic acids is 1. The number of ether oxygens (including phenoxy) is 3. The smallest absolute Gasteiger partial charge is 0.320 e. The van der Waals surface area contributed by atoms with Gasteiger partial charge in [-0.25, -0.2) is 0 Å². The van der Waals surface area contributed by atoms with Crippen molar-refractivity contribution in [2.75, 3.05) is 14.2 Å². The van der Waals surface area contributed by atoms with Crippen molar-refractivity contribution in [2.45, 2.75) is 32.4 Å². The molecule has 1 aromatic carbocycles. The number of hydrogen-bond acceptors (Lipinski definition) is 5. The maximum absolute atomic E-state index is 10.9. The number of benzene rings is 1. The highest BCUT2D eigenvalue weighted by atomic mass is 16.5. The van der Waals surface area contributed by atoms with Gasteiger partial charge >= 0.3 is 5.97 Å². The molecule has 6 heteroatoms. The van der Waals surface area contributed by atoms with E-state index in [2.05, 4.69) is 0 Å². The fraction of sp³-hybridized carbons (Fsp3) is 0.500. The van der Waals surface area contributed by atoms with E-state index >= 15 is 0 Å². The van der Waals surface area contributed by atoms with E-state index in [9.17, 15) is 4.79 Å². The van der Waals surface area contributed by atoms with Crippen molar-refractivity contribution in [1.29, 1.82) is 0 Å².